The molecular formula is C21H20F5N7O. The van der Waals surface area contributed by atoms with Crippen LogP contribution >= 0.6 is 0 Å². The van der Waals surface area contributed by atoms with Gasteiger partial charge >= 0.3 is 6.18 Å². The molecule has 0 radical (unpaired) electrons. The van der Waals surface area contributed by atoms with E-state index in [0.717, 1.165) is 15.6 Å². The van der Waals surface area contributed by atoms with Gasteiger partial charge in [-0.15, -0.1) is 0 Å². The van der Waals surface area contributed by atoms with Crippen molar-refractivity contribution in [2.45, 2.75) is 38.4 Å². The number of aromatic nitrogens is 5. The van der Waals surface area contributed by atoms with Gasteiger partial charge in [0, 0.05) is 37.7 Å². The fourth-order valence-electron chi connectivity index (χ4n) is 4.72. The van der Waals surface area contributed by atoms with Gasteiger partial charge in [0.2, 0.25) is 5.91 Å². The van der Waals surface area contributed by atoms with Gasteiger partial charge in [-0.3, -0.25) is 9.69 Å². The Morgan fingerprint density at radius 3 is 2.59 bits per heavy atom. The van der Waals surface area contributed by atoms with Crippen molar-refractivity contribution in [1.29, 1.82) is 0 Å². The first-order chi connectivity index (χ1) is 16.2. The zero-order valence-electron chi connectivity index (χ0n) is 17.8. The summed E-state index contributed by atoms with van der Waals surface area (Å²) >= 11 is 0. The molecule has 0 aliphatic carbocycles. The van der Waals surface area contributed by atoms with Crippen molar-refractivity contribution < 1.29 is 26.7 Å². The summed E-state index contributed by atoms with van der Waals surface area (Å²) in [6.45, 7) is 0.568. The number of carbonyl (C=O) groups is 1. The molecule has 0 aromatic carbocycles. The molecule has 0 atom stereocenters. The second-order valence-electron chi connectivity index (χ2n) is 8.67. The lowest BCUT2D eigenvalue weighted by Crippen LogP contribution is -2.42. The van der Waals surface area contributed by atoms with E-state index in [2.05, 4.69) is 20.1 Å². The van der Waals surface area contributed by atoms with Crippen LogP contribution in [0.25, 0.3) is 11.2 Å². The smallest absolute Gasteiger partial charge is 0.355 e. The number of carbonyl (C=O) groups excluding carboxylic acids is 1. The van der Waals surface area contributed by atoms with Gasteiger partial charge < -0.3 is 4.90 Å². The summed E-state index contributed by atoms with van der Waals surface area (Å²) in [5.74, 6) is -0.235. The maximum Gasteiger partial charge on any atom is 0.419 e. The zero-order valence-corrected chi connectivity index (χ0v) is 17.8. The highest BCUT2D eigenvalue weighted by Gasteiger charge is 2.48. The number of piperidine rings is 1. The van der Waals surface area contributed by atoms with E-state index in [4.69, 9.17) is 0 Å². The minimum Gasteiger partial charge on any atom is -0.355 e. The minimum atomic E-state index is -4.61. The van der Waals surface area contributed by atoms with Gasteiger partial charge in [0.1, 0.15) is 23.7 Å². The van der Waals surface area contributed by atoms with Crippen LogP contribution in [0.4, 0.5) is 33.6 Å². The molecule has 180 valence electrons. The normalized spacial score (nSPS) is 18.6. The molecule has 0 N–H and O–H groups in total. The number of anilines is 2. The summed E-state index contributed by atoms with van der Waals surface area (Å²) in [5.41, 5.74) is -0.731. The Balaban J connectivity index is 1.33. The molecule has 34 heavy (non-hydrogen) atoms. The number of fused-ring (bicyclic) bond motifs is 1. The maximum atomic E-state index is 13.4. The first kappa shape index (κ1) is 22.4. The first-order valence-corrected chi connectivity index (χ1v) is 10.7. The van der Waals surface area contributed by atoms with E-state index in [1.165, 1.54) is 18.5 Å². The first-order valence-electron chi connectivity index (χ1n) is 10.7. The van der Waals surface area contributed by atoms with Crippen LogP contribution in [0.3, 0.4) is 0 Å². The molecule has 0 bridgehead atoms. The highest BCUT2D eigenvalue weighted by Crippen LogP contribution is 2.45. The van der Waals surface area contributed by atoms with E-state index in [1.807, 2.05) is 4.90 Å². The van der Waals surface area contributed by atoms with Crippen LogP contribution in [-0.2, 0) is 17.5 Å². The van der Waals surface area contributed by atoms with Crippen LogP contribution < -0.4 is 9.80 Å². The molecule has 5 heterocycles. The van der Waals surface area contributed by atoms with Crippen LogP contribution in [0.2, 0.25) is 0 Å². The van der Waals surface area contributed by atoms with Crippen molar-refractivity contribution in [2.24, 2.45) is 5.41 Å². The average Bonchev–Trinajstić information content (AvgIpc) is 3.33. The van der Waals surface area contributed by atoms with Crippen molar-refractivity contribution in [1.82, 2.24) is 24.7 Å². The van der Waals surface area contributed by atoms with E-state index in [0.29, 0.717) is 37.3 Å². The number of amides is 1. The second kappa shape index (κ2) is 8.13. The molecule has 3 aromatic rings. The van der Waals surface area contributed by atoms with Crippen LogP contribution in [-0.4, -0.2) is 56.7 Å². The van der Waals surface area contributed by atoms with E-state index in [9.17, 15) is 26.7 Å². The SMILES string of the molecule is O=C1CC2(CCN(c3cnc4cnn(CC(F)F)c4n3)CC2)CN1c1ncccc1C(F)(F)F. The summed E-state index contributed by atoms with van der Waals surface area (Å²) in [5, 5.41) is 3.91. The molecule has 5 rings (SSSR count). The molecule has 2 fully saturated rings. The van der Waals surface area contributed by atoms with E-state index in [1.54, 1.807) is 6.20 Å². The number of rotatable bonds is 4. The standard InChI is InChI=1S/C21H20F5N7O/c22-15(23)11-33-19-14(9-29-33)28-10-16(30-19)31-6-3-20(4-7-31)8-17(34)32(12-20)18-13(21(24,25)26)2-1-5-27-18/h1-2,5,9-10,15H,3-4,6-8,11-12H2. The summed E-state index contributed by atoms with van der Waals surface area (Å²) < 4.78 is 67.1. The van der Waals surface area contributed by atoms with Crippen LogP contribution in [0.15, 0.2) is 30.7 Å². The van der Waals surface area contributed by atoms with Gasteiger partial charge in [-0.25, -0.2) is 28.4 Å². The van der Waals surface area contributed by atoms with Crippen LogP contribution in [0.1, 0.15) is 24.8 Å². The van der Waals surface area contributed by atoms with Gasteiger partial charge in [0.15, 0.2) is 5.65 Å². The molecule has 8 nitrogen and oxygen atoms in total. The predicted molar refractivity (Wildman–Crippen MR) is 111 cm³/mol. The highest BCUT2D eigenvalue weighted by atomic mass is 19.4. The van der Waals surface area contributed by atoms with Gasteiger partial charge in [-0.2, -0.15) is 18.3 Å². The lowest BCUT2D eigenvalue weighted by molar-refractivity contribution is -0.137. The lowest BCUT2D eigenvalue weighted by atomic mass is 9.77. The third-order valence-corrected chi connectivity index (χ3v) is 6.46. The molecular weight excluding hydrogens is 461 g/mol. The Hall–Kier alpha value is -3.38. The third kappa shape index (κ3) is 4.03. The van der Waals surface area contributed by atoms with Gasteiger partial charge in [-0.1, -0.05) is 0 Å². The van der Waals surface area contributed by atoms with Gasteiger partial charge in [0.25, 0.3) is 6.43 Å². The molecule has 2 aliphatic heterocycles. The fraction of sp³-hybridized carbons (Fsp3) is 0.476. The van der Waals surface area contributed by atoms with Crippen molar-refractivity contribution in [3.8, 4) is 0 Å². The maximum absolute atomic E-state index is 13.4. The Labute approximate surface area is 190 Å². The largest absolute Gasteiger partial charge is 0.419 e. The number of nitrogens with zero attached hydrogens (tertiary/aromatic N) is 7. The van der Waals surface area contributed by atoms with Crippen molar-refractivity contribution >= 4 is 28.7 Å². The number of pyridine rings is 1. The highest BCUT2D eigenvalue weighted by molar-refractivity contribution is 5.96. The summed E-state index contributed by atoms with van der Waals surface area (Å²) in [4.78, 5) is 28.4. The molecule has 3 aromatic heterocycles. The average molecular weight is 481 g/mol. The Morgan fingerprint density at radius 2 is 1.88 bits per heavy atom. The fourth-order valence-corrected chi connectivity index (χ4v) is 4.72. The summed E-state index contributed by atoms with van der Waals surface area (Å²) in [6.07, 6.45) is -1.77. The molecule has 0 saturated carbocycles. The zero-order chi connectivity index (χ0) is 24.1. The van der Waals surface area contributed by atoms with Crippen molar-refractivity contribution in [3.05, 3.63) is 36.3 Å². The molecule has 2 aliphatic rings. The van der Waals surface area contributed by atoms with Gasteiger partial charge in [-0.05, 0) is 25.0 Å². The topological polar surface area (TPSA) is 80.0 Å². The molecule has 13 heteroatoms. The van der Waals surface area contributed by atoms with Gasteiger partial charge in [0.05, 0.1) is 18.0 Å². The van der Waals surface area contributed by atoms with E-state index >= 15 is 0 Å². The molecule has 0 unspecified atom stereocenters. The third-order valence-electron chi connectivity index (χ3n) is 6.46. The molecule has 1 amide bonds. The number of halogens is 5. The monoisotopic (exact) mass is 481 g/mol. The Morgan fingerprint density at radius 1 is 1.12 bits per heavy atom. The predicted octanol–water partition coefficient (Wildman–Crippen LogP) is 3.53. The second-order valence-corrected chi connectivity index (χ2v) is 8.67. The Kier molecular flexibility index (Phi) is 5.36. The van der Waals surface area contributed by atoms with Crippen molar-refractivity contribution in [3.63, 3.8) is 0 Å². The number of hydrogen-bond acceptors (Lipinski definition) is 6. The van der Waals surface area contributed by atoms with E-state index < -0.39 is 30.1 Å². The molecule has 1 spiro atoms. The minimum absolute atomic E-state index is 0.139. The van der Waals surface area contributed by atoms with E-state index in [-0.39, 0.29) is 30.3 Å². The quantitative estimate of drug-likeness (QED) is 0.531. The van der Waals surface area contributed by atoms with Crippen LogP contribution in [0.5, 0.6) is 0 Å². The molecule has 2 saturated heterocycles. The summed E-state index contributed by atoms with van der Waals surface area (Å²) in [7, 11) is 0. The lowest BCUT2D eigenvalue weighted by Gasteiger charge is -2.39. The van der Waals surface area contributed by atoms with Crippen molar-refractivity contribution in [2.75, 3.05) is 29.4 Å². The number of hydrogen-bond donors (Lipinski definition) is 0. The summed E-state index contributed by atoms with van der Waals surface area (Å²) in [6, 6.07) is 2.13. The Bertz CT molecular complexity index is 1220. The van der Waals surface area contributed by atoms with Crippen LogP contribution in [0, 0.1) is 5.41 Å². The number of alkyl halides is 5.